The number of hydrogen-bond donors (Lipinski definition) is 1. The highest BCUT2D eigenvalue weighted by molar-refractivity contribution is 7.25. The minimum absolute atomic E-state index is 0.340. The SMILES string of the molecule is Cn1c(C(=O)O)cc2c3ccccc3sc21. The smallest absolute Gasteiger partial charge is 0.352 e. The quantitative estimate of drug-likeness (QED) is 0.699. The van der Waals surface area contributed by atoms with Crippen molar-refractivity contribution in [2.24, 2.45) is 7.05 Å². The molecular weight excluding hydrogens is 222 g/mol. The Hall–Kier alpha value is -1.81. The zero-order valence-corrected chi connectivity index (χ0v) is 9.41. The Morgan fingerprint density at radius 3 is 2.81 bits per heavy atom. The van der Waals surface area contributed by atoms with Crippen molar-refractivity contribution in [2.75, 3.05) is 0 Å². The first-order chi connectivity index (χ1) is 7.68. The summed E-state index contributed by atoms with van der Waals surface area (Å²) in [5, 5.41) is 11.2. The van der Waals surface area contributed by atoms with Crippen LogP contribution in [0.25, 0.3) is 20.3 Å². The summed E-state index contributed by atoms with van der Waals surface area (Å²) >= 11 is 1.63. The number of hydrogen-bond acceptors (Lipinski definition) is 2. The third-order valence-electron chi connectivity index (χ3n) is 2.78. The van der Waals surface area contributed by atoms with Crippen molar-refractivity contribution >= 4 is 37.6 Å². The molecule has 0 saturated heterocycles. The van der Waals surface area contributed by atoms with Gasteiger partial charge in [0.05, 0.1) is 0 Å². The molecule has 0 aliphatic rings. The highest BCUT2D eigenvalue weighted by Crippen LogP contribution is 2.35. The van der Waals surface area contributed by atoms with Gasteiger partial charge >= 0.3 is 5.97 Å². The maximum absolute atomic E-state index is 11.0. The van der Waals surface area contributed by atoms with Gasteiger partial charge in [-0.3, -0.25) is 0 Å². The van der Waals surface area contributed by atoms with Gasteiger partial charge in [-0.2, -0.15) is 0 Å². The van der Waals surface area contributed by atoms with E-state index in [1.807, 2.05) is 18.2 Å². The monoisotopic (exact) mass is 231 g/mol. The van der Waals surface area contributed by atoms with Crippen LogP contribution in [0.15, 0.2) is 30.3 Å². The van der Waals surface area contributed by atoms with E-state index in [-0.39, 0.29) is 0 Å². The number of benzene rings is 1. The molecule has 0 fully saturated rings. The maximum Gasteiger partial charge on any atom is 0.352 e. The van der Waals surface area contributed by atoms with Gasteiger partial charge in [0.2, 0.25) is 0 Å². The third kappa shape index (κ3) is 1.10. The second kappa shape index (κ2) is 3.09. The lowest BCUT2D eigenvalue weighted by Crippen LogP contribution is -2.03. The Bertz CT molecular complexity index is 708. The number of carboxylic acids is 1. The highest BCUT2D eigenvalue weighted by atomic mass is 32.1. The molecule has 0 aliphatic carbocycles. The van der Waals surface area contributed by atoms with E-state index in [1.165, 1.54) is 4.70 Å². The van der Waals surface area contributed by atoms with E-state index in [0.717, 1.165) is 15.6 Å². The molecule has 4 heteroatoms. The predicted octanol–water partition coefficient (Wildman–Crippen LogP) is 3.09. The molecule has 16 heavy (non-hydrogen) atoms. The van der Waals surface area contributed by atoms with E-state index in [9.17, 15) is 4.79 Å². The lowest BCUT2D eigenvalue weighted by molar-refractivity contribution is 0.0687. The van der Waals surface area contributed by atoms with Crippen LogP contribution in [-0.2, 0) is 7.05 Å². The van der Waals surface area contributed by atoms with Crippen LogP contribution in [-0.4, -0.2) is 15.6 Å². The van der Waals surface area contributed by atoms with Crippen LogP contribution in [0.3, 0.4) is 0 Å². The number of fused-ring (bicyclic) bond motifs is 3. The van der Waals surface area contributed by atoms with Gasteiger partial charge in [-0.1, -0.05) is 18.2 Å². The van der Waals surface area contributed by atoms with Crippen LogP contribution in [0, 0.1) is 0 Å². The van der Waals surface area contributed by atoms with Gasteiger partial charge < -0.3 is 9.67 Å². The van der Waals surface area contributed by atoms with Gasteiger partial charge in [0, 0.05) is 22.5 Å². The number of nitrogens with zero attached hydrogens (tertiary/aromatic N) is 1. The van der Waals surface area contributed by atoms with E-state index >= 15 is 0 Å². The molecule has 3 rings (SSSR count). The fourth-order valence-electron chi connectivity index (χ4n) is 1.99. The summed E-state index contributed by atoms with van der Waals surface area (Å²) in [6.45, 7) is 0. The second-order valence-electron chi connectivity index (χ2n) is 3.71. The number of carboxylic acid groups (broad SMARTS) is 1. The van der Waals surface area contributed by atoms with Crippen LogP contribution < -0.4 is 0 Å². The molecule has 0 amide bonds. The minimum atomic E-state index is -0.880. The van der Waals surface area contributed by atoms with Gasteiger partial charge in [-0.25, -0.2) is 4.79 Å². The fraction of sp³-hybridized carbons (Fsp3) is 0.0833. The van der Waals surface area contributed by atoms with Crippen molar-refractivity contribution in [3.8, 4) is 0 Å². The number of thiophene rings is 1. The Morgan fingerprint density at radius 1 is 1.31 bits per heavy atom. The topological polar surface area (TPSA) is 42.2 Å². The van der Waals surface area contributed by atoms with Crippen LogP contribution >= 0.6 is 11.3 Å². The van der Waals surface area contributed by atoms with Gasteiger partial charge in [0.1, 0.15) is 10.5 Å². The highest BCUT2D eigenvalue weighted by Gasteiger charge is 2.15. The minimum Gasteiger partial charge on any atom is -0.477 e. The molecule has 1 N–H and O–H groups in total. The lowest BCUT2D eigenvalue weighted by Gasteiger charge is -1.95. The van der Waals surface area contributed by atoms with E-state index in [0.29, 0.717) is 5.69 Å². The molecule has 0 radical (unpaired) electrons. The number of aromatic carboxylic acids is 1. The standard InChI is InChI=1S/C12H9NO2S/c1-13-9(12(14)15)6-8-7-4-2-3-5-10(7)16-11(8)13/h2-6H,1H3,(H,14,15). The number of aryl methyl sites for hydroxylation is 1. The molecule has 0 bridgehead atoms. The van der Waals surface area contributed by atoms with Gasteiger partial charge in [-0.05, 0) is 12.1 Å². The first-order valence-corrected chi connectivity index (χ1v) is 5.70. The summed E-state index contributed by atoms with van der Waals surface area (Å²) in [5.41, 5.74) is 0.340. The van der Waals surface area contributed by atoms with Crippen molar-refractivity contribution in [1.82, 2.24) is 4.57 Å². The van der Waals surface area contributed by atoms with Gasteiger partial charge in [-0.15, -0.1) is 11.3 Å². The summed E-state index contributed by atoms with van der Waals surface area (Å²) in [7, 11) is 1.79. The molecule has 3 aromatic rings. The number of carbonyl (C=O) groups is 1. The molecule has 0 saturated carbocycles. The zero-order valence-electron chi connectivity index (χ0n) is 8.60. The summed E-state index contributed by atoms with van der Waals surface area (Å²) in [6.07, 6.45) is 0. The predicted molar refractivity (Wildman–Crippen MR) is 65.3 cm³/mol. The summed E-state index contributed by atoms with van der Waals surface area (Å²) in [5.74, 6) is -0.880. The number of rotatable bonds is 1. The van der Waals surface area contributed by atoms with Crippen LogP contribution in [0.4, 0.5) is 0 Å². The molecule has 80 valence electrons. The largest absolute Gasteiger partial charge is 0.477 e. The Labute approximate surface area is 95.5 Å². The Balaban J connectivity index is 2.48. The second-order valence-corrected chi connectivity index (χ2v) is 4.74. The summed E-state index contributed by atoms with van der Waals surface area (Å²) < 4.78 is 2.93. The Kier molecular flexibility index (Phi) is 1.82. The molecule has 2 heterocycles. The maximum atomic E-state index is 11.0. The van der Waals surface area contributed by atoms with Crippen molar-refractivity contribution in [3.63, 3.8) is 0 Å². The fourth-order valence-corrected chi connectivity index (χ4v) is 3.15. The average Bonchev–Trinajstić information content (AvgIpc) is 2.76. The average molecular weight is 231 g/mol. The first kappa shape index (κ1) is 9.42. The van der Waals surface area contributed by atoms with Crippen molar-refractivity contribution in [3.05, 3.63) is 36.0 Å². The van der Waals surface area contributed by atoms with E-state index in [2.05, 4.69) is 6.07 Å². The van der Waals surface area contributed by atoms with Crippen molar-refractivity contribution < 1.29 is 9.90 Å². The Morgan fingerprint density at radius 2 is 2.06 bits per heavy atom. The summed E-state index contributed by atoms with van der Waals surface area (Å²) in [4.78, 5) is 12.0. The lowest BCUT2D eigenvalue weighted by atomic mass is 10.2. The molecule has 0 atom stereocenters. The van der Waals surface area contributed by atoms with E-state index in [4.69, 9.17) is 5.11 Å². The van der Waals surface area contributed by atoms with Crippen LogP contribution in [0.5, 0.6) is 0 Å². The van der Waals surface area contributed by atoms with E-state index < -0.39 is 5.97 Å². The van der Waals surface area contributed by atoms with Crippen molar-refractivity contribution in [2.45, 2.75) is 0 Å². The zero-order chi connectivity index (χ0) is 11.3. The summed E-state index contributed by atoms with van der Waals surface area (Å²) in [6, 6.07) is 9.80. The van der Waals surface area contributed by atoms with Crippen LogP contribution in [0.1, 0.15) is 10.5 Å². The normalized spacial score (nSPS) is 11.3. The molecule has 0 aliphatic heterocycles. The first-order valence-electron chi connectivity index (χ1n) is 4.89. The molecule has 0 spiro atoms. The van der Waals surface area contributed by atoms with Crippen molar-refractivity contribution in [1.29, 1.82) is 0 Å². The number of aromatic nitrogens is 1. The molecule has 2 aromatic heterocycles. The van der Waals surface area contributed by atoms with E-state index in [1.54, 1.807) is 29.0 Å². The molecular formula is C12H9NO2S. The van der Waals surface area contributed by atoms with Gasteiger partial charge in [0.25, 0.3) is 0 Å². The third-order valence-corrected chi connectivity index (χ3v) is 4.04. The molecule has 3 nitrogen and oxygen atoms in total. The molecule has 0 unspecified atom stereocenters. The molecule has 1 aromatic carbocycles. The van der Waals surface area contributed by atoms with Gasteiger partial charge in [0.15, 0.2) is 0 Å². The van der Waals surface area contributed by atoms with Crippen LogP contribution in [0.2, 0.25) is 0 Å².